The van der Waals surface area contributed by atoms with Crippen molar-refractivity contribution in [3.05, 3.63) is 26.4 Å². The van der Waals surface area contributed by atoms with Crippen LogP contribution in [0.5, 0.6) is 0 Å². The number of hydrogen-bond donors (Lipinski definition) is 1. The minimum absolute atomic E-state index is 0.00697. The molecule has 6 nitrogen and oxygen atoms in total. The predicted molar refractivity (Wildman–Crippen MR) is 81.4 cm³/mol. The zero-order chi connectivity index (χ0) is 15.2. The van der Waals surface area contributed by atoms with E-state index in [0.29, 0.717) is 22.4 Å². The summed E-state index contributed by atoms with van der Waals surface area (Å²) in [4.78, 5) is 4.31. The molecule has 3 heterocycles. The summed E-state index contributed by atoms with van der Waals surface area (Å²) in [5.74, 6) is 1.27. The summed E-state index contributed by atoms with van der Waals surface area (Å²) in [6.07, 6.45) is 1.51. The molecule has 21 heavy (non-hydrogen) atoms. The van der Waals surface area contributed by atoms with E-state index >= 15 is 0 Å². The maximum absolute atomic E-state index is 12.4. The first-order valence-electron chi connectivity index (χ1n) is 6.25. The number of sulfonamides is 1. The number of rotatable bonds is 3. The third kappa shape index (κ3) is 2.95. The van der Waals surface area contributed by atoms with E-state index in [1.807, 2.05) is 0 Å². The first kappa shape index (κ1) is 15.2. The quantitative estimate of drug-likeness (QED) is 0.905. The lowest BCUT2D eigenvalue weighted by atomic mass is 10.1. The second-order valence-electron chi connectivity index (χ2n) is 4.74. The maximum Gasteiger partial charge on any atom is 0.243 e. The lowest BCUT2D eigenvalue weighted by Crippen LogP contribution is -2.33. The van der Waals surface area contributed by atoms with Crippen LogP contribution in [0.2, 0.25) is 8.67 Å². The molecule has 10 heteroatoms. The number of fused-ring (bicyclic) bond motifs is 1. The topological polar surface area (TPSA) is 76.9 Å². The fourth-order valence-electron chi connectivity index (χ4n) is 2.34. The Hall–Kier alpha value is -0.670. The van der Waals surface area contributed by atoms with Crippen LogP contribution < -0.4 is 4.72 Å². The van der Waals surface area contributed by atoms with Crippen LogP contribution in [0.3, 0.4) is 0 Å². The highest BCUT2D eigenvalue weighted by atomic mass is 35.5. The molecule has 0 radical (unpaired) electrons. The van der Waals surface area contributed by atoms with Gasteiger partial charge in [-0.2, -0.15) is 5.10 Å². The molecule has 2 aromatic rings. The average molecular weight is 367 g/mol. The summed E-state index contributed by atoms with van der Waals surface area (Å²) in [5.41, 5.74) is 0. The van der Waals surface area contributed by atoms with Crippen LogP contribution in [0.4, 0.5) is 0 Å². The van der Waals surface area contributed by atoms with Gasteiger partial charge >= 0.3 is 0 Å². The largest absolute Gasteiger partial charge is 0.248 e. The van der Waals surface area contributed by atoms with Crippen molar-refractivity contribution in [3.8, 4) is 0 Å². The molecule has 0 bridgehead atoms. The molecule has 0 aromatic carbocycles. The van der Waals surface area contributed by atoms with Crippen molar-refractivity contribution in [3.63, 3.8) is 0 Å². The van der Waals surface area contributed by atoms with E-state index in [1.54, 1.807) is 11.6 Å². The molecule has 1 aliphatic rings. The molecule has 1 N–H and O–H groups in total. The van der Waals surface area contributed by atoms with Crippen molar-refractivity contribution in [2.45, 2.75) is 37.2 Å². The van der Waals surface area contributed by atoms with Gasteiger partial charge in [-0.25, -0.2) is 22.8 Å². The van der Waals surface area contributed by atoms with E-state index in [2.05, 4.69) is 14.8 Å². The van der Waals surface area contributed by atoms with Crippen LogP contribution in [-0.4, -0.2) is 23.2 Å². The summed E-state index contributed by atoms with van der Waals surface area (Å²) >= 11 is 12.8. The standard InChI is InChI=1S/C11H12Cl2N4O2S2/c1-6-14-11-7(3-2-4-17(11)15-6)16-21(18,19)8-5-9(12)20-10(8)13/h5,7,16H,2-4H2,1H3/t7-/m0/s1. The number of aromatic nitrogens is 3. The molecule has 3 rings (SSSR count). The van der Waals surface area contributed by atoms with Crippen molar-refractivity contribution in [2.75, 3.05) is 0 Å². The smallest absolute Gasteiger partial charge is 0.243 e. The van der Waals surface area contributed by atoms with Crippen LogP contribution in [0, 0.1) is 6.92 Å². The predicted octanol–water partition coefficient (Wildman–Crippen LogP) is 2.77. The van der Waals surface area contributed by atoms with Gasteiger partial charge < -0.3 is 0 Å². The van der Waals surface area contributed by atoms with Gasteiger partial charge in [-0.05, 0) is 25.8 Å². The number of thiophene rings is 1. The summed E-state index contributed by atoms with van der Waals surface area (Å²) in [6.45, 7) is 2.53. The van der Waals surface area contributed by atoms with Crippen molar-refractivity contribution in [2.24, 2.45) is 0 Å². The Morgan fingerprint density at radius 2 is 2.24 bits per heavy atom. The zero-order valence-electron chi connectivity index (χ0n) is 11.0. The average Bonchev–Trinajstić information content (AvgIpc) is 2.92. The van der Waals surface area contributed by atoms with Gasteiger partial charge in [0.1, 0.15) is 20.9 Å². The van der Waals surface area contributed by atoms with Gasteiger partial charge in [0, 0.05) is 6.54 Å². The van der Waals surface area contributed by atoms with E-state index in [4.69, 9.17) is 23.2 Å². The number of nitrogens with one attached hydrogen (secondary N) is 1. The fraction of sp³-hybridized carbons (Fsp3) is 0.455. The lowest BCUT2D eigenvalue weighted by molar-refractivity contribution is 0.400. The van der Waals surface area contributed by atoms with Crippen LogP contribution in [0.25, 0.3) is 0 Å². The van der Waals surface area contributed by atoms with Gasteiger partial charge in [0.2, 0.25) is 10.0 Å². The first-order valence-corrected chi connectivity index (χ1v) is 9.31. The highest BCUT2D eigenvalue weighted by Gasteiger charge is 2.30. The molecule has 1 atom stereocenters. The molecule has 0 unspecified atom stereocenters. The Kier molecular flexibility index (Phi) is 4.00. The van der Waals surface area contributed by atoms with Crippen molar-refractivity contribution in [1.29, 1.82) is 0 Å². The van der Waals surface area contributed by atoms with E-state index < -0.39 is 16.1 Å². The Labute approximate surface area is 136 Å². The SMILES string of the molecule is Cc1nc2n(n1)CCC[C@@H]2NS(=O)(=O)c1cc(Cl)sc1Cl. The molecular weight excluding hydrogens is 355 g/mol. The minimum Gasteiger partial charge on any atom is -0.248 e. The highest BCUT2D eigenvalue weighted by molar-refractivity contribution is 7.89. The molecular formula is C11H12Cl2N4O2S2. The Balaban J connectivity index is 1.92. The summed E-state index contributed by atoms with van der Waals surface area (Å²) < 4.78 is 29.8. The van der Waals surface area contributed by atoms with Crippen LogP contribution in [-0.2, 0) is 16.6 Å². The number of halogens is 2. The molecule has 0 saturated carbocycles. The van der Waals surface area contributed by atoms with Crippen molar-refractivity contribution < 1.29 is 8.42 Å². The van der Waals surface area contributed by atoms with Gasteiger partial charge in [0.25, 0.3) is 0 Å². The van der Waals surface area contributed by atoms with E-state index in [1.165, 1.54) is 6.07 Å². The van der Waals surface area contributed by atoms with Crippen molar-refractivity contribution in [1.82, 2.24) is 19.5 Å². The lowest BCUT2D eigenvalue weighted by Gasteiger charge is -2.22. The van der Waals surface area contributed by atoms with E-state index in [9.17, 15) is 8.42 Å². The van der Waals surface area contributed by atoms with Gasteiger partial charge in [0.05, 0.1) is 10.4 Å². The Morgan fingerprint density at radius 3 is 2.90 bits per heavy atom. The summed E-state index contributed by atoms with van der Waals surface area (Å²) in [6, 6.07) is 0.954. The molecule has 114 valence electrons. The third-order valence-corrected chi connectivity index (χ3v) is 6.42. The van der Waals surface area contributed by atoms with Gasteiger partial charge in [-0.1, -0.05) is 23.2 Å². The molecule has 2 aromatic heterocycles. The van der Waals surface area contributed by atoms with Crippen LogP contribution >= 0.6 is 34.5 Å². The molecule has 0 spiro atoms. The minimum atomic E-state index is -3.74. The van der Waals surface area contributed by atoms with E-state index in [-0.39, 0.29) is 9.23 Å². The maximum atomic E-state index is 12.4. The summed E-state index contributed by atoms with van der Waals surface area (Å²) in [7, 11) is -3.74. The number of nitrogens with zero attached hydrogens (tertiary/aromatic N) is 3. The molecule has 0 amide bonds. The molecule has 0 saturated heterocycles. The molecule has 0 aliphatic carbocycles. The Morgan fingerprint density at radius 1 is 1.48 bits per heavy atom. The normalized spacial score (nSPS) is 18.7. The Bertz CT molecular complexity index is 784. The van der Waals surface area contributed by atoms with E-state index in [0.717, 1.165) is 24.3 Å². The number of aryl methyl sites for hydroxylation is 2. The van der Waals surface area contributed by atoms with Gasteiger partial charge in [-0.15, -0.1) is 11.3 Å². The first-order chi connectivity index (χ1) is 9.87. The monoisotopic (exact) mass is 366 g/mol. The van der Waals surface area contributed by atoms with Crippen LogP contribution in [0.15, 0.2) is 11.0 Å². The molecule has 1 aliphatic heterocycles. The second-order valence-corrected chi connectivity index (χ2v) is 8.71. The number of hydrogen-bond acceptors (Lipinski definition) is 5. The molecule has 0 fully saturated rings. The van der Waals surface area contributed by atoms with Gasteiger partial charge in [0.15, 0.2) is 0 Å². The zero-order valence-corrected chi connectivity index (χ0v) is 14.2. The van der Waals surface area contributed by atoms with Crippen LogP contribution in [0.1, 0.15) is 30.5 Å². The van der Waals surface area contributed by atoms with Gasteiger partial charge in [-0.3, -0.25) is 0 Å². The van der Waals surface area contributed by atoms with Crippen molar-refractivity contribution >= 4 is 44.6 Å². The summed E-state index contributed by atoms with van der Waals surface area (Å²) in [5, 5.41) is 4.25. The second kappa shape index (κ2) is 5.51. The fourth-order valence-corrected chi connectivity index (χ4v) is 5.72. The highest BCUT2D eigenvalue weighted by Crippen LogP contribution is 2.35. The third-order valence-electron chi connectivity index (χ3n) is 3.19.